The molecule has 158 valence electrons. The summed E-state index contributed by atoms with van der Waals surface area (Å²) in [4.78, 5) is 48.9. The Morgan fingerprint density at radius 3 is 2.57 bits per heavy atom. The molecule has 1 fully saturated rings. The summed E-state index contributed by atoms with van der Waals surface area (Å²) < 4.78 is 5.13. The summed E-state index contributed by atoms with van der Waals surface area (Å²) in [5.74, 6) is -0.817. The van der Waals surface area contributed by atoms with Crippen LogP contribution in [-0.4, -0.2) is 52.7 Å². The lowest BCUT2D eigenvalue weighted by Crippen LogP contribution is -2.51. The maximum Gasteiger partial charge on any atom is 0.289 e. The fourth-order valence-electron chi connectivity index (χ4n) is 3.22. The Labute approximate surface area is 172 Å². The molecule has 2 heterocycles. The monoisotopic (exact) mass is 414 g/mol. The first-order chi connectivity index (χ1) is 14.3. The van der Waals surface area contributed by atoms with E-state index >= 15 is 0 Å². The number of benzene rings is 1. The van der Waals surface area contributed by atoms with E-state index in [0.717, 1.165) is 6.07 Å². The summed E-state index contributed by atoms with van der Waals surface area (Å²) in [7, 11) is 0. The van der Waals surface area contributed by atoms with Gasteiger partial charge in [-0.25, -0.2) is 0 Å². The van der Waals surface area contributed by atoms with E-state index in [-0.39, 0.29) is 34.9 Å². The van der Waals surface area contributed by atoms with Crippen molar-refractivity contribution in [3.63, 3.8) is 0 Å². The number of nitro benzene ring substituents is 1. The molecule has 3 rings (SSSR count). The molecule has 1 aromatic heterocycles. The van der Waals surface area contributed by atoms with Crippen molar-refractivity contribution in [2.24, 2.45) is 0 Å². The van der Waals surface area contributed by atoms with Gasteiger partial charge < -0.3 is 20.0 Å². The van der Waals surface area contributed by atoms with Crippen LogP contribution in [-0.2, 0) is 4.79 Å². The highest BCUT2D eigenvalue weighted by molar-refractivity contribution is 5.98. The highest BCUT2D eigenvalue weighted by atomic mass is 16.6. The van der Waals surface area contributed by atoms with Crippen LogP contribution in [0.1, 0.15) is 40.7 Å². The summed E-state index contributed by atoms with van der Waals surface area (Å²) in [5, 5.41) is 16.3. The zero-order valence-electron chi connectivity index (χ0n) is 16.4. The number of non-ortho nitro benzene ring substituents is 1. The van der Waals surface area contributed by atoms with Crippen LogP contribution in [0.25, 0.3) is 0 Å². The number of amides is 3. The Kier molecular flexibility index (Phi) is 6.45. The first kappa shape index (κ1) is 21.0. The normalized spacial score (nSPS) is 15.3. The van der Waals surface area contributed by atoms with Crippen molar-refractivity contribution >= 4 is 23.4 Å². The Hall–Kier alpha value is -3.69. The number of carbonyl (C=O) groups is 3. The molecule has 1 atom stereocenters. The number of nitro groups is 1. The highest BCUT2D eigenvalue weighted by Crippen LogP contribution is 2.15. The summed E-state index contributed by atoms with van der Waals surface area (Å²) in [6.07, 6.45) is 2.62. The summed E-state index contributed by atoms with van der Waals surface area (Å²) in [6.45, 7) is 2.51. The van der Waals surface area contributed by atoms with Crippen LogP contribution >= 0.6 is 0 Å². The van der Waals surface area contributed by atoms with Crippen LogP contribution in [0, 0.1) is 10.1 Å². The third kappa shape index (κ3) is 5.02. The number of hydrogen-bond acceptors (Lipinski definition) is 6. The number of rotatable bonds is 6. The van der Waals surface area contributed by atoms with Crippen molar-refractivity contribution in [1.29, 1.82) is 0 Å². The number of piperidine rings is 1. The molecular formula is C20H22N4O6. The first-order valence-electron chi connectivity index (χ1n) is 9.53. The molecule has 1 aliphatic rings. The summed E-state index contributed by atoms with van der Waals surface area (Å²) >= 11 is 0. The molecule has 30 heavy (non-hydrogen) atoms. The second kappa shape index (κ2) is 9.21. The van der Waals surface area contributed by atoms with E-state index < -0.39 is 16.9 Å². The minimum Gasteiger partial charge on any atom is -0.459 e. The molecule has 2 aromatic rings. The van der Waals surface area contributed by atoms with Crippen molar-refractivity contribution in [1.82, 2.24) is 15.5 Å². The fraction of sp³-hybridized carbons (Fsp3) is 0.350. The van der Waals surface area contributed by atoms with Gasteiger partial charge in [0.25, 0.3) is 17.5 Å². The van der Waals surface area contributed by atoms with E-state index in [9.17, 15) is 24.5 Å². The minimum absolute atomic E-state index is 0.105. The van der Waals surface area contributed by atoms with Crippen LogP contribution in [0.2, 0.25) is 0 Å². The van der Waals surface area contributed by atoms with Crippen LogP contribution < -0.4 is 10.6 Å². The van der Waals surface area contributed by atoms with Crippen molar-refractivity contribution in [2.75, 3.05) is 13.1 Å². The minimum atomic E-state index is -0.820. The van der Waals surface area contributed by atoms with Crippen molar-refractivity contribution in [3.05, 3.63) is 64.1 Å². The SMILES string of the molecule is CC(NC(=O)c1cccc([N+](=O)[O-])c1)C(=O)NC1CCN(C(=O)c2ccco2)CC1. The van der Waals surface area contributed by atoms with Gasteiger partial charge in [0.1, 0.15) is 6.04 Å². The number of furan rings is 1. The fourth-order valence-corrected chi connectivity index (χ4v) is 3.22. The molecule has 1 saturated heterocycles. The highest BCUT2D eigenvalue weighted by Gasteiger charge is 2.27. The molecule has 3 amide bonds. The van der Waals surface area contributed by atoms with Crippen molar-refractivity contribution < 1.29 is 23.7 Å². The third-order valence-electron chi connectivity index (χ3n) is 4.92. The lowest BCUT2D eigenvalue weighted by molar-refractivity contribution is -0.384. The smallest absolute Gasteiger partial charge is 0.289 e. The predicted octanol–water partition coefficient (Wildman–Crippen LogP) is 1.73. The summed E-state index contributed by atoms with van der Waals surface area (Å²) in [6, 6.07) is 7.64. The molecule has 0 saturated carbocycles. The number of nitrogens with zero attached hydrogens (tertiary/aromatic N) is 2. The Bertz CT molecular complexity index is 935. The maximum atomic E-state index is 12.4. The molecule has 0 bridgehead atoms. The molecule has 1 unspecified atom stereocenters. The predicted molar refractivity (Wildman–Crippen MR) is 106 cm³/mol. The topological polar surface area (TPSA) is 135 Å². The number of likely N-dealkylation sites (tertiary alicyclic amines) is 1. The van der Waals surface area contributed by atoms with Gasteiger partial charge in [0.05, 0.1) is 11.2 Å². The molecule has 1 aromatic carbocycles. The Morgan fingerprint density at radius 1 is 1.20 bits per heavy atom. The second-order valence-electron chi connectivity index (χ2n) is 7.05. The quantitative estimate of drug-likeness (QED) is 0.546. The second-order valence-corrected chi connectivity index (χ2v) is 7.05. The van der Waals surface area contributed by atoms with Gasteiger partial charge in [0.2, 0.25) is 5.91 Å². The standard InChI is InChI=1S/C20H22N4O6/c1-13(21-19(26)14-4-2-5-16(12-14)24(28)29)18(25)22-15-7-9-23(10-8-15)20(27)17-6-3-11-30-17/h2-6,11-13,15H,7-10H2,1H3,(H,21,26)(H,22,25). The van der Waals surface area contributed by atoms with E-state index in [1.165, 1.54) is 24.5 Å². The van der Waals surface area contributed by atoms with Gasteiger partial charge in [-0.15, -0.1) is 0 Å². The summed E-state index contributed by atoms with van der Waals surface area (Å²) in [5.41, 5.74) is -0.0933. The van der Waals surface area contributed by atoms with E-state index in [2.05, 4.69) is 10.6 Å². The van der Waals surface area contributed by atoms with E-state index in [4.69, 9.17) is 4.42 Å². The van der Waals surface area contributed by atoms with Crippen molar-refractivity contribution in [3.8, 4) is 0 Å². The van der Waals surface area contributed by atoms with Gasteiger partial charge >= 0.3 is 0 Å². The average molecular weight is 414 g/mol. The Morgan fingerprint density at radius 2 is 1.93 bits per heavy atom. The van der Waals surface area contributed by atoms with Gasteiger partial charge in [-0.3, -0.25) is 24.5 Å². The lowest BCUT2D eigenvalue weighted by Gasteiger charge is -2.32. The molecule has 0 radical (unpaired) electrons. The van der Waals surface area contributed by atoms with E-state index in [0.29, 0.717) is 25.9 Å². The van der Waals surface area contributed by atoms with Crippen LogP contribution in [0.5, 0.6) is 0 Å². The average Bonchev–Trinajstić information content (AvgIpc) is 3.28. The number of carbonyl (C=O) groups excluding carboxylic acids is 3. The van der Waals surface area contributed by atoms with Crippen LogP contribution in [0.3, 0.4) is 0 Å². The Balaban J connectivity index is 1.48. The largest absolute Gasteiger partial charge is 0.459 e. The number of hydrogen-bond donors (Lipinski definition) is 2. The molecule has 10 nitrogen and oxygen atoms in total. The first-order valence-corrected chi connectivity index (χ1v) is 9.53. The third-order valence-corrected chi connectivity index (χ3v) is 4.92. The van der Waals surface area contributed by atoms with Crippen LogP contribution in [0.4, 0.5) is 5.69 Å². The maximum absolute atomic E-state index is 12.4. The van der Waals surface area contributed by atoms with E-state index in [1.807, 2.05) is 0 Å². The molecule has 2 N–H and O–H groups in total. The molecule has 0 aliphatic carbocycles. The zero-order chi connectivity index (χ0) is 21.7. The van der Waals surface area contributed by atoms with Crippen molar-refractivity contribution in [2.45, 2.75) is 31.8 Å². The van der Waals surface area contributed by atoms with Crippen LogP contribution in [0.15, 0.2) is 47.1 Å². The molecule has 10 heteroatoms. The van der Waals surface area contributed by atoms with Gasteiger partial charge in [-0.05, 0) is 38.0 Å². The molecule has 1 aliphatic heterocycles. The zero-order valence-corrected chi connectivity index (χ0v) is 16.4. The molecule has 0 spiro atoms. The van der Waals surface area contributed by atoms with Gasteiger partial charge in [0.15, 0.2) is 5.76 Å². The van der Waals surface area contributed by atoms with Gasteiger partial charge in [0, 0.05) is 36.8 Å². The van der Waals surface area contributed by atoms with Gasteiger partial charge in [-0.1, -0.05) is 6.07 Å². The lowest BCUT2D eigenvalue weighted by atomic mass is 10.0. The molecular weight excluding hydrogens is 392 g/mol. The van der Waals surface area contributed by atoms with Gasteiger partial charge in [-0.2, -0.15) is 0 Å². The van der Waals surface area contributed by atoms with E-state index in [1.54, 1.807) is 24.0 Å². The number of nitrogens with one attached hydrogen (secondary N) is 2.